The molecule has 2 N–H and O–H groups in total. The van der Waals surface area contributed by atoms with Crippen molar-refractivity contribution in [1.29, 1.82) is 0 Å². The lowest BCUT2D eigenvalue weighted by Gasteiger charge is -2.44. The molecule has 2 atom stereocenters. The van der Waals surface area contributed by atoms with Crippen molar-refractivity contribution in [2.75, 3.05) is 38.5 Å². The highest BCUT2D eigenvalue weighted by molar-refractivity contribution is 5.72. The smallest absolute Gasteiger partial charge is 0.320 e. The van der Waals surface area contributed by atoms with E-state index in [0.717, 1.165) is 42.2 Å². The van der Waals surface area contributed by atoms with Crippen LogP contribution in [0, 0.1) is 6.92 Å². The number of esters is 1. The predicted octanol–water partition coefficient (Wildman–Crippen LogP) is 3.82. The van der Waals surface area contributed by atoms with Crippen molar-refractivity contribution < 1.29 is 14.3 Å². The highest BCUT2D eigenvalue weighted by Gasteiger charge is 2.31. The van der Waals surface area contributed by atoms with Gasteiger partial charge in [0.1, 0.15) is 18.0 Å². The fourth-order valence-corrected chi connectivity index (χ4v) is 4.06. The zero-order valence-corrected chi connectivity index (χ0v) is 20.1. The van der Waals surface area contributed by atoms with E-state index in [1.165, 1.54) is 0 Å². The van der Waals surface area contributed by atoms with E-state index in [1.54, 1.807) is 0 Å². The van der Waals surface area contributed by atoms with Crippen LogP contribution in [0.25, 0.3) is 0 Å². The number of aryl methyl sites for hydroxylation is 1. The van der Waals surface area contributed by atoms with Crippen LogP contribution in [-0.4, -0.2) is 66.2 Å². The van der Waals surface area contributed by atoms with Crippen LogP contribution in [-0.2, 0) is 9.53 Å². The summed E-state index contributed by atoms with van der Waals surface area (Å²) in [6.07, 6.45) is 0. The molecule has 0 aromatic heterocycles. The van der Waals surface area contributed by atoms with Crippen LogP contribution in [0.3, 0.4) is 0 Å². The molecule has 6 heteroatoms. The normalized spacial score (nSPS) is 21.1. The Morgan fingerprint density at radius 1 is 1.20 bits per heavy atom. The molecule has 2 rings (SSSR count). The average Bonchev–Trinajstić information content (AvgIpc) is 2.59. The van der Waals surface area contributed by atoms with Crippen molar-refractivity contribution in [1.82, 2.24) is 9.80 Å². The van der Waals surface area contributed by atoms with Crippen molar-refractivity contribution >= 4 is 11.7 Å². The molecule has 1 fully saturated rings. The number of ether oxygens (including phenoxy) is 2. The van der Waals surface area contributed by atoms with E-state index < -0.39 is 5.60 Å². The van der Waals surface area contributed by atoms with E-state index in [9.17, 15) is 4.79 Å². The lowest BCUT2D eigenvalue weighted by atomic mass is 9.99. The van der Waals surface area contributed by atoms with Gasteiger partial charge in [-0.2, -0.15) is 0 Å². The van der Waals surface area contributed by atoms with Gasteiger partial charge in [-0.15, -0.1) is 0 Å². The number of nitrogens with zero attached hydrogens (tertiary/aromatic N) is 2. The third-order valence-electron chi connectivity index (χ3n) is 5.59. The fraction of sp³-hybridized carbons (Fsp3) is 0.708. The Labute approximate surface area is 182 Å². The number of hydrogen-bond acceptors (Lipinski definition) is 6. The van der Waals surface area contributed by atoms with E-state index in [2.05, 4.69) is 43.6 Å². The number of benzene rings is 1. The first-order valence-electron chi connectivity index (χ1n) is 11.1. The summed E-state index contributed by atoms with van der Waals surface area (Å²) in [6, 6.07) is 4.65. The van der Waals surface area contributed by atoms with Crippen LogP contribution in [0.4, 0.5) is 5.69 Å². The van der Waals surface area contributed by atoms with Crippen LogP contribution in [0.5, 0.6) is 5.75 Å². The number of piperazine rings is 1. The number of anilines is 1. The van der Waals surface area contributed by atoms with Crippen LogP contribution < -0.4 is 10.5 Å². The van der Waals surface area contributed by atoms with Crippen molar-refractivity contribution in [2.24, 2.45) is 0 Å². The van der Waals surface area contributed by atoms with Gasteiger partial charge in [-0.25, -0.2) is 0 Å². The minimum absolute atomic E-state index is 0.155. The lowest BCUT2D eigenvalue weighted by molar-refractivity contribution is -0.158. The monoisotopic (exact) mass is 419 g/mol. The molecule has 6 nitrogen and oxygen atoms in total. The topological polar surface area (TPSA) is 68.0 Å². The molecular weight excluding hydrogens is 378 g/mol. The summed E-state index contributed by atoms with van der Waals surface area (Å²) < 4.78 is 11.7. The summed E-state index contributed by atoms with van der Waals surface area (Å²) in [5.74, 6) is 1.14. The summed E-state index contributed by atoms with van der Waals surface area (Å²) in [5, 5.41) is 0. The molecule has 0 amide bonds. The lowest BCUT2D eigenvalue weighted by Crippen LogP contribution is -2.58. The maximum absolute atomic E-state index is 12.3. The van der Waals surface area contributed by atoms with Gasteiger partial charge in [0.2, 0.25) is 0 Å². The minimum atomic E-state index is -0.446. The molecule has 1 saturated heterocycles. The molecular formula is C24H41N3O3. The molecule has 0 bridgehead atoms. The number of carbonyl (C=O) groups excluding carboxylic acids is 1. The number of hydrogen-bond donors (Lipinski definition) is 1. The highest BCUT2D eigenvalue weighted by atomic mass is 16.6. The fourth-order valence-electron chi connectivity index (χ4n) is 4.06. The van der Waals surface area contributed by atoms with Gasteiger partial charge in [-0.05, 0) is 70.7 Å². The van der Waals surface area contributed by atoms with E-state index in [-0.39, 0.29) is 18.1 Å². The molecule has 1 aromatic carbocycles. The number of rotatable bonds is 7. The molecule has 1 aliphatic rings. The van der Waals surface area contributed by atoms with Crippen molar-refractivity contribution in [3.05, 3.63) is 23.3 Å². The van der Waals surface area contributed by atoms with Gasteiger partial charge in [-0.1, -0.05) is 13.8 Å². The number of carbonyl (C=O) groups is 1. The maximum Gasteiger partial charge on any atom is 0.320 e. The quantitative estimate of drug-likeness (QED) is 0.535. The zero-order valence-electron chi connectivity index (χ0n) is 20.1. The molecule has 1 aromatic rings. The van der Waals surface area contributed by atoms with Gasteiger partial charge in [0.25, 0.3) is 0 Å². The largest absolute Gasteiger partial charge is 0.492 e. The van der Waals surface area contributed by atoms with E-state index in [4.69, 9.17) is 15.2 Å². The van der Waals surface area contributed by atoms with Crippen molar-refractivity contribution in [2.45, 2.75) is 79.0 Å². The van der Waals surface area contributed by atoms with Crippen LogP contribution in [0.1, 0.15) is 65.5 Å². The summed E-state index contributed by atoms with van der Waals surface area (Å²) in [7, 11) is 0. The Morgan fingerprint density at radius 3 is 2.33 bits per heavy atom. The molecule has 1 aliphatic heterocycles. The Bertz CT molecular complexity index is 715. The molecule has 0 aliphatic carbocycles. The highest BCUT2D eigenvalue weighted by Crippen LogP contribution is 2.31. The predicted molar refractivity (Wildman–Crippen MR) is 123 cm³/mol. The summed E-state index contributed by atoms with van der Waals surface area (Å²) in [5.41, 5.74) is 8.65. The van der Waals surface area contributed by atoms with Gasteiger partial charge in [0.15, 0.2) is 0 Å². The first-order chi connectivity index (χ1) is 13.9. The summed E-state index contributed by atoms with van der Waals surface area (Å²) in [4.78, 5) is 16.9. The van der Waals surface area contributed by atoms with Crippen LogP contribution >= 0.6 is 0 Å². The maximum atomic E-state index is 12.3. The molecule has 0 radical (unpaired) electrons. The number of nitrogens with two attached hydrogens (primary N) is 1. The molecule has 0 unspecified atom stereocenters. The van der Waals surface area contributed by atoms with Crippen molar-refractivity contribution in [3.8, 4) is 5.75 Å². The molecule has 30 heavy (non-hydrogen) atoms. The van der Waals surface area contributed by atoms with Crippen LogP contribution in [0.15, 0.2) is 12.1 Å². The Hall–Kier alpha value is -1.79. The second-order valence-corrected chi connectivity index (χ2v) is 9.97. The molecule has 0 spiro atoms. The Morgan fingerprint density at radius 2 is 1.80 bits per heavy atom. The van der Waals surface area contributed by atoms with E-state index in [1.807, 2.05) is 33.8 Å². The molecule has 170 valence electrons. The van der Waals surface area contributed by atoms with Gasteiger partial charge in [0, 0.05) is 37.4 Å². The van der Waals surface area contributed by atoms with Gasteiger partial charge in [0.05, 0.1) is 6.54 Å². The van der Waals surface area contributed by atoms with Gasteiger partial charge < -0.3 is 15.2 Å². The molecule has 0 saturated carbocycles. The SMILES string of the molecule is Cc1cc(OCCN2C[C@@H](C)N(CC(=O)OC(C)(C)C)[C@@H](C)C2)c(C(C)C)cc1N. The van der Waals surface area contributed by atoms with E-state index in [0.29, 0.717) is 19.1 Å². The van der Waals surface area contributed by atoms with Crippen LogP contribution in [0.2, 0.25) is 0 Å². The average molecular weight is 420 g/mol. The standard InChI is InChI=1S/C24H41N3O3/c1-16(2)20-12-21(25)17(3)11-22(20)29-10-9-26-13-18(4)27(19(5)14-26)15-23(28)30-24(6,7)8/h11-12,16,18-19H,9-10,13-15,25H2,1-8H3/t18-,19+. The third-order valence-corrected chi connectivity index (χ3v) is 5.59. The van der Waals surface area contributed by atoms with Gasteiger partial charge >= 0.3 is 5.97 Å². The van der Waals surface area contributed by atoms with E-state index >= 15 is 0 Å². The van der Waals surface area contributed by atoms with Crippen molar-refractivity contribution in [3.63, 3.8) is 0 Å². The second kappa shape index (κ2) is 10.0. The Kier molecular flexibility index (Phi) is 8.17. The third kappa shape index (κ3) is 6.88. The molecule has 1 heterocycles. The summed E-state index contributed by atoms with van der Waals surface area (Å²) in [6.45, 7) is 20.0. The zero-order chi connectivity index (χ0) is 22.6. The Balaban J connectivity index is 1.89. The summed E-state index contributed by atoms with van der Waals surface area (Å²) >= 11 is 0. The minimum Gasteiger partial charge on any atom is -0.492 e. The number of nitrogen functional groups attached to an aromatic ring is 1. The first kappa shape index (κ1) is 24.5. The first-order valence-corrected chi connectivity index (χ1v) is 11.1. The second-order valence-electron chi connectivity index (χ2n) is 9.97. The van der Waals surface area contributed by atoms with Gasteiger partial charge in [-0.3, -0.25) is 14.6 Å².